The van der Waals surface area contributed by atoms with Gasteiger partial charge in [-0.3, -0.25) is 9.48 Å². The van der Waals surface area contributed by atoms with E-state index in [1.165, 1.54) is 16.8 Å². The Labute approximate surface area is 110 Å². The molecule has 2 aromatic rings. The van der Waals surface area contributed by atoms with Crippen molar-refractivity contribution in [2.24, 2.45) is 7.05 Å². The molecule has 1 amide bonds. The number of anilines is 1. The van der Waals surface area contributed by atoms with Gasteiger partial charge in [0.25, 0.3) is 5.91 Å². The topological polar surface area (TPSA) is 72.9 Å². The highest BCUT2D eigenvalue weighted by Crippen LogP contribution is 2.11. The van der Waals surface area contributed by atoms with Gasteiger partial charge in [0.1, 0.15) is 11.6 Å². The lowest BCUT2D eigenvalue weighted by molar-refractivity contribution is 0.0947. The lowest BCUT2D eigenvalue weighted by Gasteiger charge is -2.06. The lowest BCUT2D eigenvalue weighted by atomic mass is 10.1. The molecular weight excluding hydrogens is 247 g/mol. The number of nitrogens with one attached hydrogen (secondary N) is 1. The third-order valence-electron chi connectivity index (χ3n) is 2.87. The maximum absolute atomic E-state index is 13.6. The highest BCUT2D eigenvalue weighted by atomic mass is 19.1. The van der Waals surface area contributed by atoms with Crippen molar-refractivity contribution < 1.29 is 9.18 Å². The lowest BCUT2D eigenvalue weighted by Crippen LogP contribution is -2.24. The van der Waals surface area contributed by atoms with Gasteiger partial charge in [0, 0.05) is 19.2 Å². The quantitative estimate of drug-likeness (QED) is 0.877. The molecule has 0 aliphatic heterocycles. The van der Waals surface area contributed by atoms with E-state index in [0.29, 0.717) is 11.4 Å². The summed E-state index contributed by atoms with van der Waals surface area (Å²) in [7, 11) is 1.71. The van der Waals surface area contributed by atoms with Crippen molar-refractivity contribution in [1.82, 2.24) is 15.1 Å². The number of nitrogens with two attached hydrogens (primary N) is 1. The second-order valence-electron chi connectivity index (χ2n) is 4.34. The summed E-state index contributed by atoms with van der Waals surface area (Å²) < 4.78 is 15.1. The van der Waals surface area contributed by atoms with E-state index >= 15 is 0 Å². The van der Waals surface area contributed by atoms with Crippen LogP contribution in [-0.2, 0) is 13.6 Å². The number of aryl methyl sites for hydroxylation is 2. The zero-order valence-electron chi connectivity index (χ0n) is 10.8. The van der Waals surface area contributed by atoms with E-state index in [1.54, 1.807) is 26.2 Å². The maximum Gasteiger partial charge on any atom is 0.254 e. The Morgan fingerprint density at radius 1 is 1.53 bits per heavy atom. The Morgan fingerprint density at radius 3 is 2.84 bits per heavy atom. The number of nitrogen functional groups attached to an aromatic ring is 1. The molecule has 5 nitrogen and oxygen atoms in total. The van der Waals surface area contributed by atoms with Gasteiger partial charge in [-0.2, -0.15) is 5.10 Å². The van der Waals surface area contributed by atoms with Gasteiger partial charge in [-0.05, 0) is 24.6 Å². The second-order valence-corrected chi connectivity index (χ2v) is 4.34. The predicted octanol–water partition coefficient (Wildman–Crippen LogP) is 1.38. The van der Waals surface area contributed by atoms with E-state index in [0.717, 1.165) is 5.56 Å². The zero-order valence-corrected chi connectivity index (χ0v) is 10.8. The Hall–Kier alpha value is -2.37. The van der Waals surface area contributed by atoms with Gasteiger partial charge in [-0.1, -0.05) is 6.07 Å². The molecule has 19 heavy (non-hydrogen) atoms. The summed E-state index contributed by atoms with van der Waals surface area (Å²) in [6.45, 7) is 1.98. The van der Waals surface area contributed by atoms with Gasteiger partial charge < -0.3 is 11.1 Å². The van der Waals surface area contributed by atoms with E-state index in [2.05, 4.69) is 10.4 Å². The number of aromatic nitrogens is 2. The first-order chi connectivity index (χ1) is 8.99. The fraction of sp³-hybridized carbons (Fsp3) is 0.231. The Kier molecular flexibility index (Phi) is 3.50. The van der Waals surface area contributed by atoms with E-state index in [9.17, 15) is 9.18 Å². The molecule has 0 saturated heterocycles. The number of rotatable bonds is 3. The number of benzene rings is 1. The standard InChI is InChI=1S/C13H15FN4O/c1-8-3-4-10(11(14)5-8)13(19)16-6-9-7-17-18(2)12(9)15/h3-5,7H,6,15H2,1-2H3,(H,16,19). The third-order valence-corrected chi connectivity index (χ3v) is 2.87. The highest BCUT2D eigenvalue weighted by molar-refractivity contribution is 5.94. The normalized spacial score (nSPS) is 10.5. The number of hydrogen-bond acceptors (Lipinski definition) is 3. The molecule has 0 unspecified atom stereocenters. The van der Waals surface area contributed by atoms with Crippen LogP contribution in [0.25, 0.3) is 0 Å². The Morgan fingerprint density at radius 2 is 2.26 bits per heavy atom. The smallest absolute Gasteiger partial charge is 0.254 e. The van der Waals surface area contributed by atoms with Gasteiger partial charge >= 0.3 is 0 Å². The number of amides is 1. The SMILES string of the molecule is Cc1ccc(C(=O)NCc2cnn(C)c2N)c(F)c1. The van der Waals surface area contributed by atoms with Crippen molar-refractivity contribution in [3.8, 4) is 0 Å². The van der Waals surface area contributed by atoms with Crippen molar-refractivity contribution in [1.29, 1.82) is 0 Å². The molecule has 1 heterocycles. The van der Waals surface area contributed by atoms with Gasteiger partial charge in [-0.15, -0.1) is 0 Å². The van der Waals surface area contributed by atoms with Crippen molar-refractivity contribution >= 4 is 11.7 Å². The van der Waals surface area contributed by atoms with Crippen LogP contribution in [0.3, 0.4) is 0 Å². The van der Waals surface area contributed by atoms with Crippen molar-refractivity contribution in [3.63, 3.8) is 0 Å². The number of carbonyl (C=O) groups excluding carboxylic acids is 1. The summed E-state index contributed by atoms with van der Waals surface area (Å²) in [5.41, 5.74) is 7.24. The van der Waals surface area contributed by atoms with E-state index in [4.69, 9.17) is 5.73 Å². The van der Waals surface area contributed by atoms with Gasteiger partial charge in [0.05, 0.1) is 11.8 Å². The molecule has 1 aromatic heterocycles. The fourth-order valence-corrected chi connectivity index (χ4v) is 1.70. The zero-order chi connectivity index (χ0) is 14.0. The molecule has 100 valence electrons. The average molecular weight is 262 g/mol. The number of hydrogen-bond donors (Lipinski definition) is 2. The molecule has 3 N–H and O–H groups in total. The minimum Gasteiger partial charge on any atom is -0.384 e. The number of carbonyl (C=O) groups is 1. The molecule has 0 spiro atoms. The minimum absolute atomic E-state index is 0.0214. The highest BCUT2D eigenvalue weighted by Gasteiger charge is 2.12. The number of halogens is 1. The molecule has 0 radical (unpaired) electrons. The monoisotopic (exact) mass is 262 g/mol. The van der Waals surface area contributed by atoms with Gasteiger partial charge in [0.2, 0.25) is 0 Å². The number of nitrogens with zero attached hydrogens (tertiary/aromatic N) is 2. The summed E-state index contributed by atoms with van der Waals surface area (Å²) in [4.78, 5) is 11.8. The largest absolute Gasteiger partial charge is 0.384 e. The van der Waals surface area contributed by atoms with E-state index in [-0.39, 0.29) is 12.1 Å². The maximum atomic E-state index is 13.6. The molecule has 2 rings (SSSR count). The second kappa shape index (κ2) is 5.09. The van der Waals surface area contributed by atoms with Gasteiger partial charge in [-0.25, -0.2) is 4.39 Å². The minimum atomic E-state index is -0.531. The van der Waals surface area contributed by atoms with Crippen LogP contribution in [-0.4, -0.2) is 15.7 Å². The average Bonchev–Trinajstić information content (AvgIpc) is 2.67. The van der Waals surface area contributed by atoms with Crippen LogP contribution in [0.2, 0.25) is 0 Å². The van der Waals surface area contributed by atoms with Crippen LogP contribution in [0.1, 0.15) is 21.5 Å². The molecule has 0 bridgehead atoms. The van der Waals surface area contributed by atoms with Crippen LogP contribution in [0.5, 0.6) is 0 Å². The van der Waals surface area contributed by atoms with Crippen LogP contribution < -0.4 is 11.1 Å². The Bertz CT molecular complexity index is 621. The van der Waals surface area contributed by atoms with Crippen LogP contribution in [0.15, 0.2) is 24.4 Å². The molecule has 0 aliphatic carbocycles. The Balaban J connectivity index is 2.07. The van der Waals surface area contributed by atoms with Crippen molar-refractivity contribution in [3.05, 3.63) is 46.9 Å². The van der Waals surface area contributed by atoms with E-state index < -0.39 is 11.7 Å². The van der Waals surface area contributed by atoms with E-state index in [1.807, 2.05) is 0 Å². The first kappa shape index (κ1) is 13.1. The molecule has 0 fully saturated rings. The third kappa shape index (κ3) is 2.73. The molecule has 0 atom stereocenters. The summed E-state index contributed by atoms with van der Waals surface area (Å²) in [6.07, 6.45) is 1.57. The summed E-state index contributed by atoms with van der Waals surface area (Å²) in [6, 6.07) is 4.48. The van der Waals surface area contributed by atoms with Crippen LogP contribution in [0.4, 0.5) is 10.2 Å². The fourth-order valence-electron chi connectivity index (χ4n) is 1.70. The van der Waals surface area contributed by atoms with Crippen molar-refractivity contribution in [2.75, 3.05) is 5.73 Å². The first-order valence-electron chi connectivity index (χ1n) is 5.79. The first-order valence-corrected chi connectivity index (χ1v) is 5.79. The molecule has 0 aliphatic rings. The van der Waals surface area contributed by atoms with Crippen LogP contribution in [0, 0.1) is 12.7 Å². The van der Waals surface area contributed by atoms with Gasteiger partial charge in [0.15, 0.2) is 0 Å². The predicted molar refractivity (Wildman–Crippen MR) is 69.9 cm³/mol. The summed E-state index contributed by atoms with van der Waals surface area (Å²) in [5, 5.41) is 6.58. The van der Waals surface area contributed by atoms with Crippen LogP contribution >= 0.6 is 0 Å². The molecular formula is C13H15FN4O. The molecule has 0 saturated carbocycles. The summed E-state index contributed by atoms with van der Waals surface area (Å²) in [5.74, 6) is -0.526. The van der Waals surface area contributed by atoms with Crippen molar-refractivity contribution in [2.45, 2.75) is 13.5 Å². The molecule has 6 heteroatoms. The summed E-state index contributed by atoms with van der Waals surface area (Å²) >= 11 is 0. The molecule has 1 aromatic carbocycles.